The van der Waals surface area contributed by atoms with Crippen molar-refractivity contribution >= 4 is 12.0 Å². The van der Waals surface area contributed by atoms with Gasteiger partial charge in [-0.3, -0.25) is 10.1 Å². The Morgan fingerprint density at radius 1 is 1.41 bits per heavy atom. The van der Waals surface area contributed by atoms with Gasteiger partial charge >= 0.3 is 5.97 Å². The molecule has 1 aromatic carbocycles. The number of hydrogen-bond acceptors (Lipinski definition) is 4. The van der Waals surface area contributed by atoms with Gasteiger partial charge in [0.1, 0.15) is 0 Å². The normalized spacial score (nSPS) is 11.0. The summed E-state index contributed by atoms with van der Waals surface area (Å²) in [6, 6.07) is 9.14. The predicted molar refractivity (Wildman–Crippen MR) is 62.9 cm³/mol. The highest BCUT2D eigenvalue weighted by molar-refractivity contribution is 5.93. The summed E-state index contributed by atoms with van der Waals surface area (Å²) in [6.45, 7) is -0.284. The quantitative estimate of drug-likeness (QED) is 0.338. The van der Waals surface area contributed by atoms with Crippen LogP contribution in [0.5, 0.6) is 0 Å². The van der Waals surface area contributed by atoms with Crippen LogP contribution in [0.4, 0.5) is 0 Å². The van der Waals surface area contributed by atoms with Crippen molar-refractivity contribution in [2.45, 2.75) is 6.42 Å². The van der Waals surface area contributed by atoms with E-state index in [-0.39, 0.29) is 13.0 Å². The van der Waals surface area contributed by atoms with E-state index in [4.69, 9.17) is 0 Å². The summed E-state index contributed by atoms with van der Waals surface area (Å²) in [5.41, 5.74) is 1.12. The lowest BCUT2D eigenvalue weighted by atomic mass is 10.1. The second-order valence-corrected chi connectivity index (χ2v) is 3.38. The van der Waals surface area contributed by atoms with Gasteiger partial charge in [0, 0.05) is 16.9 Å². The van der Waals surface area contributed by atoms with Gasteiger partial charge in [-0.1, -0.05) is 30.3 Å². The van der Waals surface area contributed by atoms with Crippen molar-refractivity contribution in [3.05, 3.63) is 51.6 Å². The molecule has 1 rings (SSSR count). The van der Waals surface area contributed by atoms with Crippen LogP contribution in [0.2, 0.25) is 0 Å². The molecule has 0 saturated heterocycles. The highest BCUT2D eigenvalue weighted by atomic mass is 16.6. The molecule has 0 fully saturated rings. The smallest absolute Gasteiger partial charge is 0.333 e. The fourth-order valence-electron chi connectivity index (χ4n) is 1.33. The standard InChI is InChI=1S/C12H13NO4/c1-17-12(14)11(7-8-13(15)16)9-10-5-3-2-4-6-10/h2-6,9H,7-8H2,1H3/b11-9-. The molecule has 5 heteroatoms. The van der Waals surface area contributed by atoms with Crippen LogP contribution < -0.4 is 0 Å². The summed E-state index contributed by atoms with van der Waals surface area (Å²) in [5, 5.41) is 10.3. The Bertz CT molecular complexity index is 425. The second kappa shape index (κ2) is 6.42. The number of ether oxygens (including phenoxy) is 1. The Balaban J connectivity index is 2.86. The minimum absolute atomic E-state index is 0.0641. The van der Waals surface area contributed by atoms with Crippen molar-refractivity contribution in [1.29, 1.82) is 0 Å². The number of carbonyl (C=O) groups excluding carboxylic acids is 1. The number of hydrogen-bond donors (Lipinski definition) is 0. The topological polar surface area (TPSA) is 69.4 Å². The number of rotatable bonds is 5. The monoisotopic (exact) mass is 235 g/mol. The summed E-state index contributed by atoms with van der Waals surface area (Å²) in [4.78, 5) is 21.3. The Morgan fingerprint density at radius 3 is 2.59 bits per heavy atom. The van der Waals surface area contributed by atoms with E-state index in [9.17, 15) is 14.9 Å². The van der Waals surface area contributed by atoms with Gasteiger partial charge in [0.15, 0.2) is 0 Å². The molecule has 0 aromatic heterocycles. The maximum absolute atomic E-state index is 11.4. The van der Waals surface area contributed by atoms with Gasteiger partial charge in [-0.25, -0.2) is 4.79 Å². The third kappa shape index (κ3) is 4.46. The molecule has 1 aromatic rings. The van der Waals surface area contributed by atoms with Gasteiger partial charge in [0.05, 0.1) is 7.11 Å². The summed E-state index contributed by atoms with van der Waals surface area (Å²) < 4.78 is 4.59. The maximum atomic E-state index is 11.4. The van der Waals surface area contributed by atoms with E-state index in [2.05, 4.69) is 4.74 Å². The van der Waals surface area contributed by atoms with Crippen LogP contribution in [-0.4, -0.2) is 24.5 Å². The van der Waals surface area contributed by atoms with Crippen LogP contribution in [0.1, 0.15) is 12.0 Å². The number of nitrogens with zero attached hydrogens (tertiary/aromatic N) is 1. The molecule has 17 heavy (non-hydrogen) atoms. The van der Waals surface area contributed by atoms with E-state index in [1.54, 1.807) is 6.08 Å². The van der Waals surface area contributed by atoms with Gasteiger partial charge in [0.25, 0.3) is 0 Å². The fourth-order valence-corrected chi connectivity index (χ4v) is 1.33. The average Bonchev–Trinajstić information content (AvgIpc) is 2.34. The molecular weight excluding hydrogens is 222 g/mol. The SMILES string of the molecule is COC(=O)/C(=C\c1ccccc1)CC[N+](=O)[O-]. The van der Waals surface area contributed by atoms with Crippen molar-refractivity contribution in [3.63, 3.8) is 0 Å². The molecular formula is C12H13NO4. The molecule has 0 aliphatic heterocycles. The molecule has 5 nitrogen and oxygen atoms in total. The first kappa shape index (κ1) is 12.9. The Morgan fingerprint density at radius 2 is 2.06 bits per heavy atom. The summed E-state index contributed by atoms with van der Waals surface area (Å²) >= 11 is 0. The largest absolute Gasteiger partial charge is 0.466 e. The number of carbonyl (C=O) groups is 1. The summed E-state index contributed by atoms with van der Waals surface area (Å²) in [6.07, 6.45) is 1.67. The number of methoxy groups -OCH3 is 1. The van der Waals surface area contributed by atoms with E-state index < -0.39 is 10.9 Å². The van der Waals surface area contributed by atoms with Crippen LogP contribution in [0, 0.1) is 10.1 Å². The van der Waals surface area contributed by atoms with Gasteiger partial charge in [-0.05, 0) is 11.6 Å². The zero-order valence-electron chi connectivity index (χ0n) is 9.46. The van der Waals surface area contributed by atoms with Crippen LogP contribution in [0.25, 0.3) is 6.08 Å². The molecule has 0 spiro atoms. The third-order valence-corrected chi connectivity index (χ3v) is 2.15. The Hall–Kier alpha value is -2.17. The molecule has 0 saturated carbocycles. The van der Waals surface area contributed by atoms with Crippen molar-refractivity contribution in [2.75, 3.05) is 13.7 Å². The van der Waals surface area contributed by atoms with Crippen molar-refractivity contribution in [3.8, 4) is 0 Å². The molecule has 0 amide bonds. The molecule has 0 radical (unpaired) electrons. The van der Waals surface area contributed by atoms with E-state index in [1.807, 2.05) is 30.3 Å². The van der Waals surface area contributed by atoms with Gasteiger partial charge in [0.2, 0.25) is 6.54 Å². The van der Waals surface area contributed by atoms with E-state index >= 15 is 0 Å². The first-order valence-corrected chi connectivity index (χ1v) is 5.09. The van der Waals surface area contributed by atoms with Crippen LogP contribution in [-0.2, 0) is 9.53 Å². The average molecular weight is 235 g/mol. The lowest BCUT2D eigenvalue weighted by Gasteiger charge is -2.03. The lowest BCUT2D eigenvalue weighted by molar-refractivity contribution is -0.479. The van der Waals surface area contributed by atoms with Crippen molar-refractivity contribution in [1.82, 2.24) is 0 Å². The number of benzene rings is 1. The fraction of sp³-hybridized carbons (Fsp3) is 0.250. The van der Waals surface area contributed by atoms with Crippen LogP contribution in [0.3, 0.4) is 0 Å². The highest BCUT2D eigenvalue weighted by Crippen LogP contribution is 2.11. The Labute approximate surface area is 98.9 Å². The second-order valence-electron chi connectivity index (χ2n) is 3.38. The van der Waals surface area contributed by atoms with Crippen molar-refractivity contribution in [2.24, 2.45) is 0 Å². The maximum Gasteiger partial charge on any atom is 0.333 e. The van der Waals surface area contributed by atoms with E-state index in [1.165, 1.54) is 7.11 Å². The zero-order valence-corrected chi connectivity index (χ0v) is 9.46. The zero-order chi connectivity index (χ0) is 12.7. The summed E-state index contributed by atoms with van der Waals surface area (Å²) in [5.74, 6) is -0.532. The molecule has 0 N–H and O–H groups in total. The number of esters is 1. The Kier molecular flexibility index (Phi) is 4.87. The minimum atomic E-state index is -0.532. The number of nitro groups is 1. The molecule has 90 valence electrons. The first-order chi connectivity index (χ1) is 8.13. The molecule has 0 aliphatic carbocycles. The molecule has 0 heterocycles. The van der Waals surface area contributed by atoms with Crippen LogP contribution in [0.15, 0.2) is 35.9 Å². The van der Waals surface area contributed by atoms with E-state index in [0.29, 0.717) is 5.57 Å². The van der Waals surface area contributed by atoms with Gasteiger partial charge in [-0.2, -0.15) is 0 Å². The summed E-state index contributed by atoms with van der Waals surface area (Å²) in [7, 11) is 1.26. The van der Waals surface area contributed by atoms with Gasteiger partial charge < -0.3 is 4.74 Å². The highest BCUT2D eigenvalue weighted by Gasteiger charge is 2.12. The lowest BCUT2D eigenvalue weighted by Crippen LogP contribution is -2.10. The third-order valence-electron chi connectivity index (χ3n) is 2.15. The molecule has 0 unspecified atom stereocenters. The van der Waals surface area contributed by atoms with Gasteiger partial charge in [-0.15, -0.1) is 0 Å². The minimum Gasteiger partial charge on any atom is -0.466 e. The van der Waals surface area contributed by atoms with Crippen molar-refractivity contribution < 1.29 is 14.5 Å². The first-order valence-electron chi connectivity index (χ1n) is 5.09. The molecule has 0 bridgehead atoms. The van der Waals surface area contributed by atoms with Crippen LogP contribution >= 0.6 is 0 Å². The molecule has 0 aliphatic rings. The molecule has 0 atom stereocenters. The predicted octanol–water partition coefficient (Wildman–Crippen LogP) is 1.91. The van der Waals surface area contributed by atoms with E-state index in [0.717, 1.165) is 5.56 Å².